The average Bonchev–Trinajstić information content (AvgIpc) is 3.24. The molecule has 0 bridgehead atoms. The Balaban J connectivity index is 1.54. The summed E-state index contributed by atoms with van der Waals surface area (Å²) in [6.45, 7) is 2.39. The van der Waals surface area contributed by atoms with E-state index in [9.17, 15) is 14.4 Å². The van der Waals surface area contributed by atoms with E-state index in [0.29, 0.717) is 18.7 Å². The first-order chi connectivity index (χ1) is 13.6. The van der Waals surface area contributed by atoms with Crippen LogP contribution in [0.2, 0.25) is 0 Å². The molecule has 3 aromatic rings. The predicted octanol–water partition coefficient (Wildman–Crippen LogP) is 2.41. The number of fused-ring (bicyclic) bond motifs is 1. The minimum atomic E-state index is -0.270. The smallest absolute Gasteiger partial charge is 0.329 e. The zero-order valence-electron chi connectivity index (χ0n) is 15.6. The van der Waals surface area contributed by atoms with E-state index in [-0.39, 0.29) is 30.1 Å². The van der Waals surface area contributed by atoms with Gasteiger partial charge in [-0.3, -0.25) is 18.7 Å². The van der Waals surface area contributed by atoms with Gasteiger partial charge in [0, 0.05) is 18.7 Å². The van der Waals surface area contributed by atoms with Crippen molar-refractivity contribution in [2.45, 2.75) is 38.9 Å². The van der Waals surface area contributed by atoms with E-state index >= 15 is 0 Å². The number of benzene rings is 2. The van der Waals surface area contributed by atoms with Gasteiger partial charge in [0.1, 0.15) is 6.54 Å². The molecular formula is C21H22N4O3. The Morgan fingerprint density at radius 2 is 1.86 bits per heavy atom. The number of anilines is 1. The Morgan fingerprint density at radius 1 is 1.11 bits per heavy atom. The third-order valence-electron chi connectivity index (χ3n) is 5.11. The highest BCUT2D eigenvalue weighted by Crippen LogP contribution is 2.25. The molecule has 28 heavy (non-hydrogen) atoms. The third-order valence-corrected chi connectivity index (χ3v) is 5.11. The van der Waals surface area contributed by atoms with Crippen LogP contribution in [-0.2, 0) is 22.7 Å². The summed E-state index contributed by atoms with van der Waals surface area (Å²) in [6, 6.07) is 14.9. The van der Waals surface area contributed by atoms with Gasteiger partial charge in [-0.1, -0.05) is 24.3 Å². The SMILES string of the molecule is CCn1c(=O)n(CC(=O)Nc2cccc(C3CCC(=O)N3)c2)c2ccccc21. The van der Waals surface area contributed by atoms with Crippen molar-refractivity contribution < 1.29 is 9.59 Å². The molecule has 1 saturated heterocycles. The molecule has 2 N–H and O–H groups in total. The van der Waals surface area contributed by atoms with E-state index in [1.807, 2.05) is 49.4 Å². The molecule has 7 nitrogen and oxygen atoms in total. The molecule has 0 spiro atoms. The number of carbonyl (C=O) groups is 2. The van der Waals surface area contributed by atoms with Gasteiger partial charge >= 0.3 is 5.69 Å². The minimum absolute atomic E-state index is 0.0190. The number of para-hydroxylation sites is 2. The summed E-state index contributed by atoms with van der Waals surface area (Å²) in [7, 11) is 0. The molecule has 1 aliphatic rings. The van der Waals surface area contributed by atoms with Crippen LogP contribution in [0.3, 0.4) is 0 Å². The Morgan fingerprint density at radius 3 is 2.54 bits per heavy atom. The minimum Gasteiger partial charge on any atom is -0.349 e. The topological polar surface area (TPSA) is 85.1 Å². The molecule has 2 aromatic carbocycles. The van der Waals surface area contributed by atoms with Crippen LogP contribution in [0.1, 0.15) is 31.4 Å². The second-order valence-electron chi connectivity index (χ2n) is 6.93. The molecule has 1 unspecified atom stereocenters. The molecule has 1 atom stereocenters. The highest BCUT2D eigenvalue weighted by molar-refractivity contribution is 5.91. The van der Waals surface area contributed by atoms with Crippen LogP contribution >= 0.6 is 0 Å². The van der Waals surface area contributed by atoms with Gasteiger partial charge in [-0.15, -0.1) is 0 Å². The zero-order valence-corrected chi connectivity index (χ0v) is 15.6. The number of nitrogens with one attached hydrogen (secondary N) is 2. The van der Waals surface area contributed by atoms with E-state index in [1.165, 1.54) is 4.57 Å². The van der Waals surface area contributed by atoms with Gasteiger partial charge < -0.3 is 10.6 Å². The van der Waals surface area contributed by atoms with Crippen LogP contribution in [0.25, 0.3) is 11.0 Å². The average molecular weight is 378 g/mol. The molecule has 1 aliphatic heterocycles. The Labute approximate surface area is 162 Å². The quantitative estimate of drug-likeness (QED) is 0.715. The molecule has 0 aliphatic carbocycles. The Hall–Kier alpha value is -3.35. The summed E-state index contributed by atoms with van der Waals surface area (Å²) in [6.07, 6.45) is 1.27. The van der Waals surface area contributed by atoms with Crippen LogP contribution in [-0.4, -0.2) is 20.9 Å². The number of hydrogen-bond donors (Lipinski definition) is 2. The first-order valence-corrected chi connectivity index (χ1v) is 9.44. The Bertz CT molecular complexity index is 1110. The maximum absolute atomic E-state index is 12.7. The lowest BCUT2D eigenvalue weighted by Gasteiger charge is -2.12. The van der Waals surface area contributed by atoms with Crippen molar-refractivity contribution in [2.75, 3.05) is 5.32 Å². The number of imidazole rings is 1. The monoisotopic (exact) mass is 378 g/mol. The van der Waals surface area contributed by atoms with E-state index < -0.39 is 0 Å². The molecule has 1 aromatic heterocycles. The lowest BCUT2D eigenvalue weighted by molar-refractivity contribution is -0.119. The molecule has 2 heterocycles. The molecule has 144 valence electrons. The van der Waals surface area contributed by atoms with Gasteiger partial charge in [-0.05, 0) is 43.2 Å². The number of rotatable bonds is 5. The fourth-order valence-electron chi connectivity index (χ4n) is 3.77. The lowest BCUT2D eigenvalue weighted by Crippen LogP contribution is -2.29. The van der Waals surface area contributed by atoms with E-state index in [1.54, 1.807) is 10.6 Å². The van der Waals surface area contributed by atoms with Crippen molar-refractivity contribution >= 4 is 28.5 Å². The number of amides is 2. The van der Waals surface area contributed by atoms with Crippen LogP contribution < -0.4 is 16.3 Å². The fraction of sp³-hybridized carbons (Fsp3) is 0.286. The normalized spacial score (nSPS) is 16.3. The van der Waals surface area contributed by atoms with Gasteiger partial charge in [0.2, 0.25) is 11.8 Å². The van der Waals surface area contributed by atoms with Gasteiger partial charge in [-0.2, -0.15) is 0 Å². The lowest BCUT2D eigenvalue weighted by atomic mass is 10.0. The van der Waals surface area contributed by atoms with Crippen molar-refractivity contribution in [3.8, 4) is 0 Å². The summed E-state index contributed by atoms with van der Waals surface area (Å²) in [5, 5.41) is 5.79. The largest absolute Gasteiger partial charge is 0.349 e. The standard InChI is InChI=1S/C21H22N4O3/c1-2-24-17-8-3-4-9-18(17)25(21(24)28)13-20(27)22-15-7-5-6-14(12-15)16-10-11-19(26)23-16/h3-9,12,16H,2,10-11,13H2,1H3,(H,22,27)(H,23,26). The maximum Gasteiger partial charge on any atom is 0.329 e. The molecule has 7 heteroatoms. The fourth-order valence-corrected chi connectivity index (χ4v) is 3.77. The number of aromatic nitrogens is 2. The highest BCUT2D eigenvalue weighted by atomic mass is 16.2. The van der Waals surface area contributed by atoms with Crippen molar-refractivity contribution in [3.05, 3.63) is 64.6 Å². The summed E-state index contributed by atoms with van der Waals surface area (Å²) in [5.74, 6) is -0.222. The van der Waals surface area contributed by atoms with Crippen molar-refractivity contribution in [1.29, 1.82) is 0 Å². The second kappa shape index (κ2) is 7.34. The molecule has 2 amide bonds. The number of aryl methyl sites for hydroxylation is 1. The molecular weight excluding hydrogens is 356 g/mol. The molecule has 1 fully saturated rings. The number of carbonyl (C=O) groups excluding carboxylic acids is 2. The summed E-state index contributed by atoms with van der Waals surface area (Å²) in [5.41, 5.74) is 2.98. The molecule has 0 saturated carbocycles. The first kappa shape index (κ1) is 18.0. The first-order valence-electron chi connectivity index (χ1n) is 9.44. The van der Waals surface area contributed by atoms with Crippen LogP contribution in [0.15, 0.2) is 53.3 Å². The van der Waals surface area contributed by atoms with Gasteiger partial charge in [0.05, 0.1) is 17.1 Å². The maximum atomic E-state index is 12.7. The summed E-state index contributed by atoms with van der Waals surface area (Å²) in [4.78, 5) is 36.7. The number of nitrogens with zero attached hydrogens (tertiary/aromatic N) is 2. The molecule has 0 radical (unpaired) electrons. The third kappa shape index (κ3) is 3.31. The predicted molar refractivity (Wildman–Crippen MR) is 107 cm³/mol. The number of hydrogen-bond acceptors (Lipinski definition) is 3. The van der Waals surface area contributed by atoms with Crippen LogP contribution in [0.4, 0.5) is 5.69 Å². The van der Waals surface area contributed by atoms with Crippen LogP contribution in [0, 0.1) is 0 Å². The highest BCUT2D eigenvalue weighted by Gasteiger charge is 2.22. The van der Waals surface area contributed by atoms with E-state index in [0.717, 1.165) is 23.0 Å². The van der Waals surface area contributed by atoms with Gasteiger partial charge in [-0.25, -0.2) is 4.79 Å². The zero-order chi connectivity index (χ0) is 19.7. The van der Waals surface area contributed by atoms with Gasteiger partial charge in [0.25, 0.3) is 0 Å². The molecule has 4 rings (SSSR count). The summed E-state index contributed by atoms with van der Waals surface area (Å²) < 4.78 is 3.15. The summed E-state index contributed by atoms with van der Waals surface area (Å²) >= 11 is 0. The Kier molecular flexibility index (Phi) is 4.73. The van der Waals surface area contributed by atoms with Crippen molar-refractivity contribution in [2.24, 2.45) is 0 Å². The van der Waals surface area contributed by atoms with Crippen LogP contribution in [0.5, 0.6) is 0 Å². The van der Waals surface area contributed by atoms with Crippen molar-refractivity contribution in [3.63, 3.8) is 0 Å². The van der Waals surface area contributed by atoms with E-state index in [2.05, 4.69) is 10.6 Å². The van der Waals surface area contributed by atoms with Crippen molar-refractivity contribution in [1.82, 2.24) is 14.5 Å². The second-order valence-corrected chi connectivity index (χ2v) is 6.93. The van der Waals surface area contributed by atoms with E-state index in [4.69, 9.17) is 0 Å². The van der Waals surface area contributed by atoms with Gasteiger partial charge in [0.15, 0.2) is 0 Å².